The van der Waals surface area contributed by atoms with Crippen molar-refractivity contribution in [3.63, 3.8) is 0 Å². The fraction of sp³-hybridized carbons (Fsp3) is 0.304. The molecule has 8 heteroatoms. The molecule has 1 aliphatic heterocycles. The minimum absolute atomic E-state index is 0.0196. The molecule has 1 atom stereocenters. The number of rotatable bonds is 6. The molecule has 0 amide bonds. The molecular weight excluding hydrogens is 398 g/mol. The number of carboxylic acid groups (broad SMARTS) is 2. The highest BCUT2D eigenvalue weighted by molar-refractivity contribution is 6.01. The predicted octanol–water partition coefficient (Wildman–Crippen LogP) is 2.83. The van der Waals surface area contributed by atoms with Crippen molar-refractivity contribution < 1.29 is 24.5 Å². The van der Waals surface area contributed by atoms with Gasteiger partial charge in [0.2, 0.25) is 0 Å². The van der Waals surface area contributed by atoms with Crippen molar-refractivity contribution in [1.29, 1.82) is 0 Å². The van der Waals surface area contributed by atoms with Gasteiger partial charge in [0.1, 0.15) is 17.5 Å². The molecule has 162 valence electrons. The highest BCUT2D eigenvalue weighted by atomic mass is 16.5. The lowest BCUT2D eigenvalue weighted by Gasteiger charge is -2.39. The Morgan fingerprint density at radius 2 is 1.61 bits per heavy atom. The zero-order valence-corrected chi connectivity index (χ0v) is 17.5. The van der Waals surface area contributed by atoms with Crippen molar-refractivity contribution >= 4 is 28.5 Å². The topological polar surface area (TPSA) is 95.2 Å². The maximum Gasteiger partial charge on any atom is 0.352 e. The number of aromatic carboxylic acids is 1. The van der Waals surface area contributed by atoms with E-state index in [1.165, 1.54) is 0 Å². The number of aliphatic carboxylic acids is 1. The minimum atomic E-state index is -1.13. The number of fused-ring (bicyclic) bond motifs is 1. The third-order valence-electron chi connectivity index (χ3n) is 5.97. The molecule has 0 bridgehead atoms. The number of carboxylic acids is 2. The maximum atomic E-state index is 12.4. The van der Waals surface area contributed by atoms with Gasteiger partial charge in [-0.2, -0.15) is 0 Å². The first-order valence-corrected chi connectivity index (χ1v) is 10.1. The van der Waals surface area contributed by atoms with Gasteiger partial charge in [-0.15, -0.1) is 0 Å². The number of benzene rings is 2. The van der Waals surface area contributed by atoms with Crippen molar-refractivity contribution in [2.24, 2.45) is 7.05 Å². The number of nitrogens with zero attached hydrogens (tertiary/aromatic N) is 3. The van der Waals surface area contributed by atoms with Crippen LogP contribution in [-0.4, -0.2) is 64.9 Å². The fourth-order valence-electron chi connectivity index (χ4n) is 4.45. The molecule has 0 unspecified atom stereocenters. The minimum Gasteiger partial charge on any atom is -0.497 e. The van der Waals surface area contributed by atoms with Gasteiger partial charge in [0.25, 0.3) is 0 Å². The van der Waals surface area contributed by atoms with E-state index in [0.717, 1.165) is 11.4 Å². The van der Waals surface area contributed by atoms with Crippen LogP contribution in [0.5, 0.6) is 5.75 Å². The first-order valence-electron chi connectivity index (χ1n) is 10.1. The molecule has 0 saturated carbocycles. The first kappa shape index (κ1) is 20.7. The average molecular weight is 423 g/mol. The number of carbonyl (C=O) groups is 2. The van der Waals surface area contributed by atoms with Crippen LogP contribution in [0.15, 0.2) is 48.5 Å². The van der Waals surface area contributed by atoms with Gasteiger partial charge in [-0.3, -0.25) is 9.69 Å². The van der Waals surface area contributed by atoms with E-state index in [2.05, 4.69) is 4.90 Å². The summed E-state index contributed by atoms with van der Waals surface area (Å²) in [5.41, 5.74) is 2.11. The summed E-state index contributed by atoms with van der Waals surface area (Å²) < 4.78 is 6.77. The van der Waals surface area contributed by atoms with Crippen LogP contribution in [0.1, 0.15) is 22.1 Å². The van der Waals surface area contributed by atoms with Gasteiger partial charge in [-0.25, -0.2) is 4.79 Å². The Bertz CT molecular complexity index is 1110. The van der Waals surface area contributed by atoms with E-state index in [9.17, 15) is 19.8 Å². The fourth-order valence-corrected chi connectivity index (χ4v) is 4.45. The number of anilines is 1. The molecule has 1 fully saturated rings. The van der Waals surface area contributed by atoms with Crippen LogP contribution in [0.2, 0.25) is 0 Å². The van der Waals surface area contributed by atoms with E-state index in [0.29, 0.717) is 42.6 Å². The maximum absolute atomic E-state index is 12.4. The summed E-state index contributed by atoms with van der Waals surface area (Å²) in [6.07, 6.45) is 0. The Kier molecular flexibility index (Phi) is 5.56. The normalized spacial score (nSPS) is 15.7. The van der Waals surface area contributed by atoms with Crippen LogP contribution in [0.4, 0.5) is 5.69 Å². The number of aryl methyl sites for hydroxylation is 1. The Morgan fingerprint density at radius 1 is 0.968 bits per heavy atom. The number of piperazine rings is 1. The second-order valence-corrected chi connectivity index (χ2v) is 7.61. The van der Waals surface area contributed by atoms with Gasteiger partial charge in [0.15, 0.2) is 0 Å². The summed E-state index contributed by atoms with van der Waals surface area (Å²) in [6, 6.07) is 14.0. The number of hydrogen-bond donors (Lipinski definition) is 2. The van der Waals surface area contributed by atoms with E-state index in [1.54, 1.807) is 30.9 Å². The van der Waals surface area contributed by atoms with Crippen LogP contribution in [0.3, 0.4) is 0 Å². The van der Waals surface area contributed by atoms with Gasteiger partial charge >= 0.3 is 11.9 Å². The van der Waals surface area contributed by atoms with Crippen molar-refractivity contribution in [3.05, 3.63) is 59.8 Å². The van der Waals surface area contributed by atoms with Crippen LogP contribution >= 0.6 is 0 Å². The standard InChI is InChI=1S/C23H25N3O5/c1-24-18-6-4-3-5-17(18)19(20(24)22(27)28)21(23(29)30)26-13-11-25(12-14-26)15-7-9-16(31-2)10-8-15/h3-10,21H,11-14H2,1-2H3,(H,27,28)(H,29,30)/t21-/m1/s1. The molecule has 0 aliphatic carbocycles. The monoisotopic (exact) mass is 423 g/mol. The van der Waals surface area contributed by atoms with Gasteiger partial charge < -0.3 is 24.4 Å². The largest absolute Gasteiger partial charge is 0.497 e. The average Bonchev–Trinajstić information content (AvgIpc) is 3.07. The summed E-state index contributed by atoms with van der Waals surface area (Å²) in [6.45, 7) is 2.29. The summed E-state index contributed by atoms with van der Waals surface area (Å²) in [7, 11) is 3.29. The Labute approximate surface area is 179 Å². The highest BCUT2D eigenvalue weighted by Crippen LogP contribution is 2.35. The number of ether oxygens (including phenoxy) is 1. The molecule has 31 heavy (non-hydrogen) atoms. The Balaban J connectivity index is 1.65. The summed E-state index contributed by atoms with van der Waals surface area (Å²) in [4.78, 5) is 28.5. The molecule has 8 nitrogen and oxygen atoms in total. The quantitative estimate of drug-likeness (QED) is 0.629. The SMILES string of the molecule is COc1ccc(N2CCN([C@@H](C(=O)O)c3c(C(=O)O)n(C)c4ccccc34)CC2)cc1. The van der Waals surface area contributed by atoms with Crippen molar-refractivity contribution in [2.45, 2.75) is 6.04 Å². The van der Waals surface area contributed by atoms with Gasteiger partial charge in [-0.1, -0.05) is 18.2 Å². The summed E-state index contributed by atoms with van der Waals surface area (Å²) in [5.74, 6) is -1.39. The van der Waals surface area contributed by atoms with Crippen molar-refractivity contribution in [1.82, 2.24) is 9.47 Å². The number of para-hydroxylation sites is 1. The summed E-state index contributed by atoms with van der Waals surface area (Å²) in [5, 5.41) is 20.6. The molecule has 1 aliphatic rings. The summed E-state index contributed by atoms with van der Waals surface area (Å²) >= 11 is 0. The van der Waals surface area contributed by atoms with Crippen LogP contribution < -0.4 is 9.64 Å². The lowest BCUT2D eigenvalue weighted by atomic mass is 10.00. The second kappa shape index (κ2) is 8.31. The zero-order valence-electron chi connectivity index (χ0n) is 17.5. The molecular formula is C23H25N3O5. The first-order chi connectivity index (χ1) is 14.9. The van der Waals surface area contributed by atoms with Gasteiger partial charge in [-0.05, 0) is 30.3 Å². The van der Waals surface area contributed by atoms with E-state index in [4.69, 9.17) is 4.74 Å². The van der Waals surface area contributed by atoms with Gasteiger partial charge in [0.05, 0.1) is 7.11 Å². The van der Waals surface area contributed by atoms with E-state index < -0.39 is 18.0 Å². The molecule has 2 aromatic carbocycles. The lowest BCUT2D eigenvalue weighted by Crippen LogP contribution is -2.49. The molecule has 0 radical (unpaired) electrons. The van der Waals surface area contributed by atoms with E-state index in [-0.39, 0.29) is 5.69 Å². The Morgan fingerprint density at radius 3 is 2.19 bits per heavy atom. The van der Waals surface area contributed by atoms with Crippen molar-refractivity contribution in [3.8, 4) is 5.75 Å². The highest BCUT2D eigenvalue weighted by Gasteiger charge is 2.36. The lowest BCUT2D eigenvalue weighted by molar-refractivity contribution is -0.143. The molecule has 3 aromatic rings. The number of hydrogen-bond acceptors (Lipinski definition) is 5. The molecule has 4 rings (SSSR count). The third kappa shape index (κ3) is 3.70. The number of aromatic nitrogens is 1. The predicted molar refractivity (Wildman–Crippen MR) is 117 cm³/mol. The van der Waals surface area contributed by atoms with E-state index in [1.807, 2.05) is 41.3 Å². The zero-order chi connectivity index (χ0) is 22.1. The second-order valence-electron chi connectivity index (χ2n) is 7.61. The molecule has 1 saturated heterocycles. The molecule has 2 heterocycles. The third-order valence-corrected chi connectivity index (χ3v) is 5.97. The van der Waals surface area contributed by atoms with Crippen molar-refractivity contribution in [2.75, 3.05) is 38.2 Å². The number of methoxy groups -OCH3 is 1. The van der Waals surface area contributed by atoms with Crippen LogP contribution in [0.25, 0.3) is 10.9 Å². The van der Waals surface area contributed by atoms with Crippen LogP contribution in [-0.2, 0) is 11.8 Å². The van der Waals surface area contributed by atoms with E-state index >= 15 is 0 Å². The smallest absolute Gasteiger partial charge is 0.352 e. The molecule has 2 N–H and O–H groups in total. The van der Waals surface area contributed by atoms with Crippen LogP contribution in [0, 0.1) is 0 Å². The molecule has 0 spiro atoms. The molecule has 1 aromatic heterocycles. The Hall–Kier alpha value is -3.52. The van der Waals surface area contributed by atoms with Gasteiger partial charge in [0, 0.05) is 55.4 Å².